The summed E-state index contributed by atoms with van der Waals surface area (Å²) in [5.41, 5.74) is 6.50. The van der Waals surface area contributed by atoms with Gasteiger partial charge in [-0.1, -0.05) is 0 Å². The predicted molar refractivity (Wildman–Crippen MR) is 51.6 cm³/mol. The molecule has 1 aliphatic rings. The van der Waals surface area contributed by atoms with Gasteiger partial charge < -0.3 is 10.6 Å². The minimum absolute atomic E-state index is 0.202. The fraction of sp³-hybridized carbons (Fsp3) is 0.625. The maximum Gasteiger partial charge on any atom is 0.237 e. The average molecular weight is 186 g/mol. The molecule has 0 aromatic carbocycles. The molecule has 0 spiro atoms. The average Bonchev–Trinajstić information content (AvgIpc) is 2.05. The van der Waals surface area contributed by atoms with Gasteiger partial charge in [0.1, 0.15) is 0 Å². The summed E-state index contributed by atoms with van der Waals surface area (Å²) in [4.78, 5) is 13.1. The summed E-state index contributed by atoms with van der Waals surface area (Å²) in [6.45, 7) is 3.35. The van der Waals surface area contributed by atoms with Crippen LogP contribution in [0.1, 0.15) is 13.3 Å². The van der Waals surface area contributed by atoms with Gasteiger partial charge in [-0.25, -0.2) is 0 Å². The molecule has 0 aromatic rings. The molecule has 1 rings (SSSR count). The second-order valence-corrected chi connectivity index (χ2v) is 3.45. The normalized spacial score (nSPS) is 18.0. The highest BCUT2D eigenvalue weighted by molar-refractivity contribution is 8.02. The lowest BCUT2D eigenvalue weighted by atomic mass is 10.3. The molecular weight excluding hydrogens is 172 g/mol. The first-order chi connectivity index (χ1) is 5.79. The van der Waals surface area contributed by atoms with Crippen LogP contribution in [0.2, 0.25) is 0 Å². The fourth-order valence-corrected chi connectivity index (χ4v) is 2.05. The fourth-order valence-electron chi connectivity index (χ4n) is 1.23. The van der Waals surface area contributed by atoms with E-state index >= 15 is 0 Å². The van der Waals surface area contributed by atoms with Crippen molar-refractivity contribution in [1.29, 1.82) is 0 Å². The van der Waals surface area contributed by atoms with E-state index in [1.54, 1.807) is 11.8 Å². The van der Waals surface area contributed by atoms with E-state index in [9.17, 15) is 4.79 Å². The van der Waals surface area contributed by atoms with Crippen molar-refractivity contribution in [1.82, 2.24) is 4.90 Å². The van der Waals surface area contributed by atoms with Crippen LogP contribution in [-0.2, 0) is 4.79 Å². The van der Waals surface area contributed by atoms with Gasteiger partial charge in [-0.2, -0.15) is 0 Å². The second kappa shape index (κ2) is 4.52. The van der Waals surface area contributed by atoms with Crippen molar-refractivity contribution in [2.24, 2.45) is 5.73 Å². The number of hydrogen-bond acceptors (Lipinski definition) is 3. The first-order valence-electron chi connectivity index (χ1n) is 4.10. The van der Waals surface area contributed by atoms with E-state index in [4.69, 9.17) is 5.73 Å². The van der Waals surface area contributed by atoms with Crippen LogP contribution in [0.25, 0.3) is 0 Å². The highest BCUT2D eigenvalue weighted by Crippen LogP contribution is 2.21. The van der Waals surface area contributed by atoms with Gasteiger partial charge in [0, 0.05) is 18.7 Å². The highest BCUT2D eigenvalue weighted by atomic mass is 32.2. The minimum atomic E-state index is 0.202. The Balaban J connectivity index is 2.67. The van der Waals surface area contributed by atoms with E-state index in [1.165, 1.54) is 0 Å². The van der Waals surface area contributed by atoms with Crippen LogP contribution in [0.4, 0.5) is 0 Å². The first-order valence-corrected chi connectivity index (χ1v) is 5.15. The molecule has 0 saturated carbocycles. The Kier molecular flexibility index (Phi) is 3.62. The number of nitrogens with two attached hydrogens (primary N) is 1. The first kappa shape index (κ1) is 9.61. The smallest absolute Gasteiger partial charge is 0.237 e. The summed E-state index contributed by atoms with van der Waals surface area (Å²) in [6, 6.07) is 0. The van der Waals surface area contributed by atoms with E-state index in [2.05, 4.69) is 0 Å². The Hall–Kier alpha value is -0.480. The van der Waals surface area contributed by atoms with Gasteiger partial charge in [0.05, 0.1) is 5.75 Å². The maximum atomic E-state index is 11.3. The number of amides is 1. The van der Waals surface area contributed by atoms with Gasteiger partial charge in [-0.05, 0) is 18.9 Å². The van der Waals surface area contributed by atoms with Gasteiger partial charge in [0.2, 0.25) is 5.91 Å². The molecular formula is C8H14N2OS. The third-order valence-electron chi connectivity index (χ3n) is 1.79. The molecule has 0 fully saturated rings. The molecule has 0 radical (unpaired) electrons. The Bertz CT molecular complexity index is 203. The molecule has 0 saturated heterocycles. The van der Waals surface area contributed by atoms with Gasteiger partial charge in [-0.15, -0.1) is 11.8 Å². The standard InChI is InChI=1S/C8H14N2OS/c1-2-10-7(3-4-9)5-12-6-8(10)11/h5H,2-4,6,9H2,1H3. The van der Waals surface area contributed by atoms with Crippen LogP contribution in [0.3, 0.4) is 0 Å². The molecule has 4 heteroatoms. The van der Waals surface area contributed by atoms with Crippen molar-refractivity contribution in [3.8, 4) is 0 Å². The number of rotatable bonds is 3. The number of hydrogen-bond donors (Lipinski definition) is 1. The Morgan fingerprint density at radius 1 is 1.75 bits per heavy atom. The lowest BCUT2D eigenvalue weighted by molar-refractivity contribution is -0.126. The monoisotopic (exact) mass is 186 g/mol. The SMILES string of the molecule is CCN1C(=O)CSC=C1CCN. The molecule has 1 heterocycles. The molecule has 2 N–H and O–H groups in total. The molecule has 12 heavy (non-hydrogen) atoms. The lowest BCUT2D eigenvalue weighted by Gasteiger charge is -2.26. The van der Waals surface area contributed by atoms with E-state index < -0.39 is 0 Å². The van der Waals surface area contributed by atoms with Crippen LogP contribution >= 0.6 is 11.8 Å². The van der Waals surface area contributed by atoms with Gasteiger partial charge in [0.25, 0.3) is 0 Å². The molecule has 0 bridgehead atoms. The van der Waals surface area contributed by atoms with Gasteiger partial charge in [-0.3, -0.25) is 4.79 Å². The van der Waals surface area contributed by atoms with Crippen molar-refractivity contribution >= 4 is 17.7 Å². The van der Waals surface area contributed by atoms with Crippen molar-refractivity contribution in [2.45, 2.75) is 13.3 Å². The molecule has 3 nitrogen and oxygen atoms in total. The quantitative estimate of drug-likeness (QED) is 0.708. The summed E-state index contributed by atoms with van der Waals surface area (Å²) in [6.07, 6.45) is 0.798. The summed E-state index contributed by atoms with van der Waals surface area (Å²) < 4.78 is 0. The van der Waals surface area contributed by atoms with E-state index in [1.807, 2.05) is 17.2 Å². The van der Waals surface area contributed by atoms with Crippen molar-refractivity contribution < 1.29 is 4.79 Å². The van der Waals surface area contributed by atoms with Gasteiger partial charge in [0.15, 0.2) is 0 Å². The molecule has 1 aliphatic heterocycles. The summed E-state index contributed by atoms with van der Waals surface area (Å²) >= 11 is 1.56. The van der Waals surface area contributed by atoms with Crippen LogP contribution in [0.15, 0.2) is 11.1 Å². The van der Waals surface area contributed by atoms with E-state index in [0.717, 1.165) is 18.7 Å². The van der Waals surface area contributed by atoms with Crippen LogP contribution in [0.5, 0.6) is 0 Å². The zero-order chi connectivity index (χ0) is 8.97. The van der Waals surface area contributed by atoms with Crippen LogP contribution in [-0.4, -0.2) is 29.6 Å². The zero-order valence-electron chi connectivity index (χ0n) is 7.25. The third kappa shape index (κ3) is 2.01. The Morgan fingerprint density at radius 2 is 2.50 bits per heavy atom. The van der Waals surface area contributed by atoms with Crippen LogP contribution < -0.4 is 5.73 Å². The molecule has 68 valence electrons. The third-order valence-corrected chi connectivity index (χ3v) is 2.64. The summed E-state index contributed by atoms with van der Waals surface area (Å²) in [5, 5.41) is 2.04. The second-order valence-electron chi connectivity index (χ2n) is 2.60. The van der Waals surface area contributed by atoms with Crippen molar-refractivity contribution in [2.75, 3.05) is 18.8 Å². The highest BCUT2D eigenvalue weighted by Gasteiger charge is 2.19. The number of carbonyl (C=O) groups is 1. The molecule has 0 aliphatic carbocycles. The predicted octanol–water partition coefficient (Wildman–Crippen LogP) is 0.772. The number of nitrogens with zero attached hydrogens (tertiary/aromatic N) is 1. The Labute approximate surface area is 77.0 Å². The lowest BCUT2D eigenvalue weighted by Crippen LogP contribution is -2.34. The van der Waals surface area contributed by atoms with E-state index in [0.29, 0.717) is 12.3 Å². The minimum Gasteiger partial charge on any atom is -0.330 e. The topological polar surface area (TPSA) is 46.3 Å². The number of carbonyl (C=O) groups excluding carboxylic acids is 1. The zero-order valence-corrected chi connectivity index (χ0v) is 8.06. The molecule has 0 atom stereocenters. The molecule has 0 aromatic heterocycles. The molecule has 1 amide bonds. The Morgan fingerprint density at radius 3 is 3.08 bits per heavy atom. The summed E-state index contributed by atoms with van der Waals surface area (Å²) in [5.74, 6) is 0.774. The van der Waals surface area contributed by atoms with Crippen molar-refractivity contribution in [3.63, 3.8) is 0 Å². The maximum absolute atomic E-state index is 11.3. The van der Waals surface area contributed by atoms with Crippen molar-refractivity contribution in [3.05, 3.63) is 11.1 Å². The van der Waals surface area contributed by atoms with E-state index in [-0.39, 0.29) is 5.91 Å². The van der Waals surface area contributed by atoms with Crippen LogP contribution in [0, 0.1) is 0 Å². The summed E-state index contributed by atoms with van der Waals surface area (Å²) in [7, 11) is 0. The van der Waals surface area contributed by atoms with Gasteiger partial charge >= 0.3 is 0 Å². The number of thioether (sulfide) groups is 1. The largest absolute Gasteiger partial charge is 0.330 e. The molecule has 0 unspecified atom stereocenters.